The first kappa shape index (κ1) is 15.8. The maximum Gasteiger partial charge on any atom is 0.410 e. The van der Waals surface area contributed by atoms with E-state index in [2.05, 4.69) is 11.9 Å². The number of hydrogen-bond donors (Lipinski definition) is 1. The molecule has 1 amide bonds. The van der Waals surface area contributed by atoms with Crippen LogP contribution >= 0.6 is 0 Å². The SMILES string of the molecule is CCCn1ccnc1CC1(O)CN(C(=O)OC(C)(C)C)C1. The van der Waals surface area contributed by atoms with Gasteiger partial charge in [-0.2, -0.15) is 0 Å². The van der Waals surface area contributed by atoms with Crippen LogP contribution in [0.4, 0.5) is 4.79 Å². The summed E-state index contributed by atoms with van der Waals surface area (Å²) in [6.45, 7) is 9.07. The van der Waals surface area contributed by atoms with E-state index in [0.717, 1.165) is 18.8 Å². The minimum absolute atomic E-state index is 0.293. The molecule has 0 aliphatic carbocycles. The van der Waals surface area contributed by atoms with Crippen molar-refractivity contribution in [1.29, 1.82) is 0 Å². The van der Waals surface area contributed by atoms with E-state index in [1.54, 1.807) is 6.20 Å². The number of carbonyl (C=O) groups is 1. The molecule has 0 atom stereocenters. The van der Waals surface area contributed by atoms with Gasteiger partial charge in [-0.15, -0.1) is 0 Å². The van der Waals surface area contributed by atoms with Crippen molar-refractivity contribution in [2.75, 3.05) is 13.1 Å². The van der Waals surface area contributed by atoms with Crippen LogP contribution in [-0.4, -0.2) is 49.9 Å². The fourth-order valence-electron chi connectivity index (χ4n) is 2.48. The fraction of sp³-hybridized carbons (Fsp3) is 0.733. The van der Waals surface area contributed by atoms with Crippen molar-refractivity contribution in [3.05, 3.63) is 18.2 Å². The van der Waals surface area contributed by atoms with Gasteiger partial charge in [0.1, 0.15) is 17.0 Å². The predicted molar refractivity (Wildman–Crippen MR) is 79.0 cm³/mol. The van der Waals surface area contributed by atoms with Gasteiger partial charge in [-0.05, 0) is 27.2 Å². The molecule has 2 heterocycles. The van der Waals surface area contributed by atoms with Crippen LogP contribution in [0.25, 0.3) is 0 Å². The molecular formula is C15H25N3O3. The first-order valence-corrected chi connectivity index (χ1v) is 7.43. The monoisotopic (exact) mass is 295 g/mol. The van der Waals surface area contributed by atoms with E-state index in [1.807, 2.05) is 31.5 Å². The third-order valence-corrected chi connectivity index (χ3v) is 3.38. The number of hydrogen-bond acceptors (Lipinski definition) is 4. The molecule has 0 unspecified atom stereocenters. The zero-order valence-corrected chi connectivity index (χ0v) is 13.3. The summed E-state index contributed by atoms with van der Waals surface area (Å²) in [5.41, 5.74) is -1.41. The van der Waals surface area contributed by atoms with Crippen LogP contribution in [0.15, 0.2) is 12.4 Å². The Morgan fingerprint density at radius 2 is 2.14 bits per heavy atom. The van der Waals surface area contributed by atoms with E-state index in [1.165, 1.54) is 4.90 Å². The van der Waals surface area contributed by atoms with Gasteiger partial charge in [0.25, 0.3) is 0 Å². The van der Waals surface area contributed by atoms with E-state index in [-0.39, 0.29) is 6.09 Å². The second kappa shape index (κ2) is 5.67. The molecule has 1 aromatic rings. The molecule has 1 aliphatic heterocycles. The Kier molecular flexibility index (Phi) is 4.27. The summed E-state index contributed by atoms with van der Waals surface area (Å²) in [4.78, 5) is 17.7. The average molecular weight is 295 g/mol. The van der Waals surface area contributed by atoms with Gasteiger partial charge < -0.3 is 19.3 Å². The summed E-state index contributed by atoms with van der Waals surface area (Å²) >= 11 is 0. The number of nitrogens with zero attached hydrogens (tertiary/aromatic N) is 3. The second-order valence-corrected chi connectivity index (χ2v) is 6.77. The zero-order valence-electron chi connectivity index (χ0n) is 13.3. The Morgan fingerprint density at radius 3 is 2.71 bits per heavy atom. The molecule has 0 saturated carbocycles. The number of aliphatic hydroxyl groups is 1. The van der Waals surface area contributed by atoms with Crippen molar-refractivity contribution >= 4 is 6.09 Å². The van der Waals surface area contributed by atoms with Gasteiger partial charge in [0.05, 0.1) is 13.1 Å². The molecular weight excluding hydrogens is 270 g/mol. The van der Waals surface area contributed by atoms with Crippen molar-refractivity contribution in [2.45, 2.75) is 58.3 Å². The minimum atomic E-state index is -0.895. The second-order valence-electron chi connectivity index (χ2n) is 6.77. The van der Waals surface area contributed by atoms with Crippen molar-refractivity contribution in [3.8, 4) is 0 Å². The Balaban J connectivity index is 1.89. The molecule has 1 N–H and O–H groups in total. The van der Waals surface area contributed by atoms with E-state index in [0.29, 0.717) is 19.5 Å². The Morgan fingerprint density at radius 1 is 1.48 bits per heavy atom. The smallest absolute Gasteiger partial charge is 0.410 e. The molecule has 2 rings (SSSR count). The van der Waals surface area contributed by atoms with Gasteiger partial charge in [0.2, 0.25) is 0 Å². The summed E-state index contributed by atoms with van der Waals surface area (Å²) in [6.07, 6.45) is 4.78. The van der Waals surface area contributed by atoms with Crippen molar-refractivity contribution < 1.29 is 14.6 Å². The van der Waals surface area contributed by atoms with Gasteiger partial charge >= 0.3 is 6.09 Å². The van der Waals surface area contributed by atoms with Crippen LogP contribution in [0.3, 0.4) is 0 Å². The number of likely N-dealkylation sites (tertiary alicyclic amines) is 1. The topological polar surface area (TPSA) is 67.6 Å². The molecule has 1 fully saturated rings. The maximum atomic E-state index is 11.9. The Labute approximate surface area is 125 Å². The number of β-amino-alcohol motifs (C(OH)–C–C–N with tert-alkyl or cyclic N) is 1. The van der Waals surface area contributed by atoms with Gasteiger partial charge in [-0.1, -0.05) is 6.92 Å². The van der Waals surface area contributed by atoms with E-state index in [9.17, 15) is 9.90 Å². The zero-order chi connectivity index (χ0) is 15.7. The first-order valence-electron chi connectivity index (χ1n) is 7.43. The first-order chi connectivity index (χ1) is 9.72. The summed E-state index contributed by atoms with van der Waals surface area (Å²) in [7, 11) is 0. The molecule has 1 aliphatic rings. The molecule has 0 bridgehead atoms. The highest BCUT2D eigenvalue weighted by Crippen LogP contribution is 2.26. The highest BCUT2D eigenvalue weighted by atomic mass is 16.6. The number of ether oxygens (including phenoxy) is 1. The van der Waals surface area contributed by atoms with Gasteiger partial charge in [0.15, 0.2) is 0 Å². The number of imidazole rings is 1. The third-order valence-electron chi connectivity index (χ3n) is 3.38. The Hall–Kier alpha value is -1.56. The van der Waals surface area contributed by atoms with Gasteiger partial charge in [0, 0.05) is 25.4 Å². The summed E-state index contributed by atoms with van der Waals surface area (Å²) in [5, 5.41) is 10.5. The maximum absolute atomic E-state index is 11.9. The molecule has 0 aromatic carbocycles. The largest absolute Gasteiger partial charge is 0.444 e. The number of aromatic nitrogens is 2. The summed E-state index contributed by atoms with van der Waals surface area (Å²) < 4.78 is 7.34. The Bertz CT molecular complexity index is 499. The molecule has 1 saturated heterocycles. The lowest BCUT2D eigenvalue weighted by Crippen LogP contribution is -2.65. The molecule has 21 heavy (non-hydrogen) atoms. The highest BCUT2D eigenvalue weighted by Gasteiger charge is 2.45. The van der Waals surface area contributed by atoms with Crippen LogP contribution in [0.5, 0.6) is 0 Å². The molecule has 6 nitrogen and oxygen atoms in total. The fourth-order valence-corrected chi connectivity index (χ4v) is 2.48. The number of amides is 1. The van der Waals surface area contributed by atoms with Gasteiger partial charge in [-0.25, -0.2) is 9.78 Å². The van der Waals surface area contributed by atoms with Crippen LogP contribution < -0.4 is 0 Å². The minimum Gasteiger partial charge on any atom is -0.444 e. The molecule has 0 radical (unpaired) electrons. The summed E-state index contributed by atoms with van der Waals surface area (Å²) in [6, 6.07) is 0. The highest BCUT2D eigenvalue weighted by molar-refractivity contribution is 5.69. The third kappa shape index (κ3) is 3.97. The lowest BCUT2D eigenvalue weighted by atomic mass is 9.90. The van der Waals surface area contributed by atoms with Crippen molar-refractivity contribution in [1.82, 2.24) is 14.5 Å². The van der Waals surface area contributed by atoms with Crippen LogP contribution in [0.2, 0.25) is 0 Å². The predicted octanol–water partition coefficient (Wildman–Crippen LogP) is 1.82. The normalized spacial score (nSPS) is 17.5. The van der Waals surface area contributed by atoms with E-state index < -0.39 is 11.2 Å². The lowest BCUT2D eigenvalue weighted by Gasteiger charge is -2.46. The van der Waals surface area contributed by atoms with Gasteiger partial charge in [-0.3, -0.25) is 0 Å². The van der Waals surface area contributed by atoms with Crippen LogP contribution in [-0.2, 0) is 17.7 Å². The average Bonchev–Trinajstić information content (AvgIpc) is 2.71. The number of aryl methyl sites for hydroxylation is 1. The van der Waals surface area contributed by atoms with Crippen LogP contribution in [0.1, 0.15) is 39.9 Å². The lowest BCUT2D eigenvalue weighted by molar-refractivity contribution is -0.0986. The molecule has 118 valence electrons. The van der Waals surface area contributed by atoms with E-state index >= 15 is 0 Å². The summed E-state index contributed by atoms with van der Waals surface area (Å²) in [5.74, 6) is 0.864. The quantitative estimate of drug-likeness (QED) is 0.920. The van der Waals surface area contributed by atoms with E-state index in [4.69, 9.17) is 4.74 Å². The molecule has 6 heteroatoms. The van der Waals surface area contributed by atoms with Crippen molar-refractivity contribution in [3.63, 3.8) is 0 Å². The molecule has 1 aromatic heterocycles. The number of rotatable bonds is 4. The van der Waals surface area contributed by atoms with Crippen LogP contribution in [0, 0.1) is 0 Å². The van der Waals surface area contributed by atoms with Crippen molar-refractivity contribution in [2.24, 2.45) is 0 Å². The number of carbonyl (C=O) groups excluding carboxylic acids is 1. The standard InChI is InChI=1S/C15H25N3O3/c1-5-7-17-8-6-16-12(17)9-15(20)10-18(11-15)13(19)21-14(2,3)4/h6,8,20H,5,7,9-11H2,1-4H3. The molecule has 0 spiro atoms.